The highest BCUT2D eigenvalue weighted by molar-refractivity contribution is 5.72. The lowest BCUT2D eigenvalue weighted by atomic mass is 9.90. The van der Waals surface area contributed by atoms with Crippen LogP contribution < -0.4 is 15.5 Å². The molecule has 1 fully saturated rings. The summed E-state index contributed by atoms with van der Waals surface area (Å²) in [6.45, 7) is 5.08. The van der Waals surface area contributed by atoms with E-state index in [2.05, 4.69) is 0 Å². The number of nitrogens with two attached hydrogens (primary N) is 1. The van der Waals surface area contributed by atoms with Gasteiger partial charge in [0.15, 0.2) is 17.2 Å². The molecule has 0 aromatic heterocycles. The Labute approximate surface area is 205 Å². The number of para-hydroxylation sites is 2. The summed E-state index contributed by atoms with van der Waals surface area (Å²) in [5, 5.41) is 9.64. The van der Waals surface area contributed by atoms with Gasteiger partial charge in [0.05, 0.1) is 13.2 Å². The summed E-state index contributed by atoms with van der Waals surface area (Å²) in [5.74, 6) is 6.32. The minimum absolute atomic E-state index is 0.114. The quantitative estimate of drug-likeness (QED) is 0.389. The van der Waals surface area contributed by atoms with Crippen LogP contribution in [0, 0.1) is 11.7 Å². The van der Waals surface area contributed by atoms with E-state index >= 15 is 0 Å². The molecule has 1 heterocycles. The van der Waals surface area contributed by atoms with Gasteiger partial charge in [-0.15, -0.1) is 0 Å². The molecular formula is C26H35FN2O6. The third-order valence-electron chi connectivity index (χ3n) is 5.42. The van der Waals surface area contributed by atoms with Crippen molar-refractivity contribution in [3.05, 3.63) is 53.8 Å². The fourth-order valence-corrected chi connectivity index (χ4v) is 3.65. The molecule has 9 heteroatoms. The second kappa shape index (κ2) is 14.8. The summed E-state index contributed by atoms with van der Waals surface area (Å²) in [7, 11) is 0. The topological polar surface area (TPSA) is 111 Å². The predicted octanol–water partition coefficient (Wildman–Crippen LogP) is 4.63. The van der Waals surface area contributed by atoms with Crippen LogP contribution in [-0.4, -0.2) is 48.2 Å². The zero-order valence-corrected chi connectivity index (χ0v) is 20.4. The Morgan fingerprint density at radius 3 is 2.37 bits per heavy atom. The van der Waals surface area contributed by atoms with Gasteiger partial charge in [0.1, 0.15) is 11.6 Å². The van der Waals surface area contributed by atoms with Gasteiger partial charge in [-0.05, 0) is 75.6 Å². The Hall–Kier alpha value is -3.33. The summed E-state index contributed by atoms with van der Waals surface area (Å²) in [5.41, 5.74) is 0.871. The lowest BCUT2D eigenvalue weighted by Crippen LogP contribution is -2.39. The highest BCUT2D eigenvalue weighted by Crippen LogP contribution is 2.27. The Bertz CT molecular complexity index is 943. The first-order chi connectivity index (χ1) is 16.8. The third kappa shape index (κ3) is 10.2. The summed E-state index contributed by atoms with van der Waals surface area (Å²) in [4.78, 5) is 28.2. The maximum absolute atomic E-state index is 13.3. The van der Waals surface area contributed by atoms with Crippen molar-refractivity contribution in [1.82, 2.24) is 4.90 Å². The Morgan fingerprint density at radius 2 is 1.71 bits per heavy atom. The molecule has 0 spiro atoms. The molecule has 1 saturated heterocycles. The zero-order valence-electron chi connectivity index (χ0n) is 20.4. The number of carbonyl (C=O) groups excluding carboxylic acids is 2. The number of piperidine rings is 1. The first kappa shape index (κ1) is 27.9. The summed E-state index contributed by atoms with van der Waals surface area (Å²) in [6, 6.07) is 11.2. The van der Waals surface area contributed by atoms with Gasteiger partial charge < -0.3 is 29.1 Å². The molecule has 0 saturated carbocycles. The van der Waals surface area contributed by atoms with Crippen molar-refractivity contribution in [2.45, 2.75) is 46.0 Å². The van der Waals surface area contributed by atoms with Gasteiger partial charge in [-0.3, -0.25) is 0 Å². The number of nitrogens with zero attached hydrogens (tertiary/aromatic N) is 1. The maximum Gasteiger partial charge on any atom is 0.409 e. The minimum atomic E-state index is -0.383. The van der Waals surface area contributed by atoms with Gasteiger partial charge in [-0.25, -0.2) is 9.18 Å². The van der Waals surface area contributed by atoms with Gasteiger partial charge in [-0.1, -0.05) is 18.2 Å². The number of aromatic hydroxyl groups is 1. The molecule has 2 aromatic carbocycles. The van der Waals surface area contributed by atoms with Crippen molar-refractivity contribution < 1.29 is 33.4 Å². The van der Waals surface area contributed by atoms with Gasteiger partial charge in [0, 0.05) is 19.2 Å². The fraction of sp³-hybridized carbons (Fsp3) is 0.462. The Kier molecular flexibility index (Phi) is 11.8. The molecule has 2 aromatic rings. The van der Waals surface area contributed by atoms with Crippen molar-refractivity contribution in [3.8, 4) is 17.2 Å². The average Bonchev–Trinajstić information content (AvgIpc) is 2.83. The minimum Gasteiger partial charge on any atom is -0.504 e. The van der Waals surface area contributed by atoms with Crippen molar-refractivity contribution in [3.63, 3.8) is 0 Å². The lowest BCUT2D eigenvalue weighted by molar-refractivity contribution is -0.115. The van der Waals surface area contributed by atoms with Crippen molar-refractivity contribution in [2.75, 3.05) is 26.3 Å². The van der Waals surface area contributed by atoms with E-state index in [0.717, 1.165) is 24.8 Å². The molecule has 3 rings (SSSR count). The van der Waals surface area contributed by atoms with Gasteiger partial charge >= 0.3 is 6.09 Å². The number of carbonyl (C=O) groups is 2. The fourth-order valence-electron chi connectivity index (χ4n) is 3.65. The van der Waals surface area contributed by atoms with E-state index in [1.807, 2.05) is 0 Å². The van der Waals surface area contributed by atoms with Crippen LogP contribution in [0.2, 0.25) is 0 Å². The molecule has 0 aliphatic carbocycles. The third-order valence-corrected chi connectivity index (χ3v) is 5.42. The number of Topliss-reactive ketones (excluding diaryl/α,β-unsaturated/α-hetero) is 1. The molecule has 0 unspecified atom stereocenters. The van der Waals surface area contributed by atoms with E-state index in [0.29, 0.717) is 56.6 Å². The van der Waals surface area contributed by atoms with Gasteiger partial charge in [0.2, 0.25) is 0 Å². The number of hydrogen-bond donors (Lipinski definition) is 2. The predicted molar refractivity (Wildman–Crippen MR) is 130 cm³/mol. The van der Waals surface area contributed by atoms with Crippen molar-refractivity contribution in [2.24, 2.45) is 11.8 Å². The number of unbranched alkanes of at least 4 members (excludes halogenated alkanes) is 1. The summed E-state index contributed by atoms with van der Waals surface area (Å²) < 4.78 is 24.2. The molecular weight excluding hydrogens is 455 g/mol. The number of amides is 1. The number of hydrogen-bond acceptors (Lipinski definition) is 7. The van der Waals surface area contributed by atoms with E-state index in [9.17, 15) is 19.1 Å². The molecule has 0 bridgehead atoms. The highest BCUT2D eigenvalue weighted by atomic mass is 19.1. The van der Waals surface area contributed by atoms with Gasteiger partial charge in [-0.2, -0.15) is 5.90 Å². The van der Waals surface area contributed by atoms with Crippen LogP contribution in [0.15, 0.2) is 42.5 Å². The number of phenolic OH excluding ortho intramolecular Hbond substituents is 1. The first-order valence-corrected chi connectivity index (χ1v) is 11.7. The van der Waals surface area contributed by atoms with Crippen LogP contribution in [0.25, 0.3) is 0 Å². The number of halogens is 1. The Balaban J connectivity index is 0.00000100. The second-order valence-electron chi connectivity index (χ2n) is 8.55. The van der Waals surface area contributed by atoms with Crippen LogP contribution >= 0.6 is 0 Å². The molecule has 192 valence electrons. The SMILES string of the molecule is CC(C)=O.NOc1cc(F)ccc1CC1CCN(C(=O)OCCCCOc2ccccc2O)CC1. The average molecular weight is 491 g/mol. The summed E-state index contributed by atoms with van der Waals surface area (Å²) in [6.07, 6.45) is 3.50. The van der Waals surface area contributed by atoms with Crippen LogP contribution in [0.5, 0.6) is 17.2 Å². The highest BCUT2D eigenvalue weighted by Gasteiger charge is 2.24. The standard InChI is InChI=1S/C23H29FN2O5.C3H6O/c24-19-8-7-18(22(16-19)31-25)15-17-9-11-26(12-10-17)23(28)30-14-4-3-13-29-21-6-2-1-5-20(21)27;1-3(2)4/h1-2,5-8,16-17,27H,3-4,9-15,25H2;1-2H3. The molecule has 35 heavy (non-hydrogen) atoms. The molecule has 1 aliphatic rings. The zero-order chi connectivity index (χ0) is 25.6. The van der Waals surface area contributed by atoms with Crippen LogP contribution in [0.4, 0.5) is 9.18 Å². The number of ether oxygens (including phenoxy) is 2. The maximum atomic E-state index is 13.3. The molecule has 1 amide bonds. The van der Waals surface area contributed by atoms with Crippen molar-refractivity contribution >= 4 is 11.9 Å². The van der Waals surface area contributed by atoms with Crippen molar-refractivity contribution in [1.29, 1.82) is 0 Å². The summed E-state index contributed by atoms with van der Waals surface area (Å²) >= 11 is 0. The number of benzene rings is 2. The molecule has 1 aliphatic heterocycles. The Morgan fingerprint density at radius 1 is 1.06 bits per heavy atom. The normalized spacial score (nSPS) is 13.4. The number of likely N-dealkylation sites (tertiary alicyclic amines) is 1. The van der Waals surface area contributed by atoms with E-state index in [1.165, 1.54) is 26.0 Å². The number of rotatable bonds is 9. The van der Waals surface area contributed by atoms with E-state index in [-0.39, 0.29) is 23.4 Å². The largest absolute Gasteiger partial charge is 0.504 e. The second-order valence-corrected chi connectivity index (χ2v) is 8.55. The number of ketones is 1. The van der Waals surface area contributed by atoms with E-state index in [4.69, 9.17) is 20.2 Å². The molecule has 8 nitrogen and oxygen atoms in total. The van der Waals surface area contributed by atoms with Gasteiger partial charge in [0.25, 0.3) is 0 Å². The lowest BCUT2D eigenvalue weighted by Gasteiger charge is -2.31. The monoisotopic (exact) mass is 490 g/mol. The van der Waals surface area contributed by atoms with E-state index < -0.39 is 0 Å². The smallest absolute Gasteiger partial charge is 0.409 e. The van der Waals surface area contributed by atoms with Crippen LogP contribution in [0.3, 0.4) is 0 Å². The number of phenols is 1. The van der Waals surface area contributed by atoms with E-state index in [1.54, 1.807) is 35.2 Å². The molecule has 3 N–H and O–H groups in total. The molecule has 0 radical (unpaired) electrons. The molecule has 0 atom stereocenters. The first-order valence-electron chi connectivity index (χ1n) is 11.7. The van der Waals surface area contributed by atoms with Crippen LogP contribution in [0.1, 0.15) is 45.1 Å². The van der Waals surface area contributed by atoms with Crippen LogP contribution in [-0.2, 0) is 16.0 Å².